The summed E-state index contributed by atoms with van der Waals surface area (Å²) in [5.74, 6) is 1.01. The molecule has 4 nitrogen and oxygen atoms in total. The second-order valence-corrected chi connectivity index (χ2v) is 8.35. The number of sulfonamides is 1. The van der Waals surface area contributed by atoms with E-state index in [2.05, 4.69) is 26.1 Å². The van der Waals surface area contributed by atoms with Gasteiger partial charge in [0.1, 0.15) is 0 Å². The van der Waals surface area contributed by atoms with Crippen LogP contribution >= 0.6 is 0 Å². The lowest BCUT2D eigenvalue weighted by molar-refractivity contribution is 0.399. The Morgan fingerprint density at radius 1 is 1.25 bits per heavy atom. The molecule has 0 spiro atoms. The van der Waals surface area contributed by atoms with Crippen LogP contribution in [0.25, 0.3) is 0 Å². The van der Waals surface area contributed by atoms with Crippen LogP contribution in [-0.4, -0.2) is 44.2 Å². The summed E-state index contributed by atoms with van der Waals surface area (Å²) >= 11 is 0. The van der Waals surface area contributed by atoms with Crippen LogP contribution in [0.15, 0.2) is 0 Å². The van der Waals surface area contributed by atoms with E-state index in [4.69, 9.17) is 0 Å². The van der Waals surface area contributed by atoms with Gasteiger partial charge >= 0.3 is 0 Å². The zero-order valence-electron chi connectivity index (χ0n) is 13.4. The second kappa shape index (κ2) is 9.00. The van der Waals surface area contributed by atoms with Crippen LogP contribution in [0, 0.1) is 5.92 Å². The standard InChI is InChI=1S/C15H32N2O2S/c1-4-7-15-8-5-11-17(12-9-15)20(18,19)13-6-10-16-14(2)3/h14-16H,4-13H2,1-3H3. The maximum atomic E-state index is 12.3. The van der Waals surface area contributed by atoms with Crippen LogP contribution in [0.5, 0.6) is 0 Å². The highest BCUT2D eigenvalue weighted by molar-refractivity contribution is 7.89. The summed E-state index contributed by atoms with van der Waals surface area (Å²) in [7, 11) is -3.05. The summed E-state index contributed by atoms with van der Waals surface area (Å²) in [5.41, 5.74) is 0. The Balaban J connectivity index is 2.39. The summed E-state index contributed by atoms with van der Waals surface area (Å²) in [5, 5.41) is 3.27. The topological polar surface area (TPSA) is 49.4 Å². The molecule has 0 aromatic heterocycles. The van der Waals surface area contributed by atoms with Crippen LogP contribution in [-0.2, 0) is 10.0 Å². The number of rotatable bonds is 8. The molecule has 0 aliphatic carbocycles. The monoisotopic (exact) mass is 304 g/mol. The fourth-order valence-electron chi connectivity index (χ4n) is 2.89. The van der Waals surface area contributed by atoms with Gasteiger partial charge in [-0.15, -0.1) is 0 Å². The van der Waals surface area contributed by atoms with E-state index >= 15 is 0 Å². The zero-order valence-corrected chi connectivity index (χ0v) is 14.2. The van der Waals surface area contributed by atoms with Crippen LogP contribution in [0.4, 0.5) is 0 Å². The third-order valence-electron chi connectivity index (χ3n) is 4.03. The second-order valence-electron chi connectivity index (χ2n) is 6.26. The molecule has 20 heavy (non-hydrogen) atoms. The Morgan fingerprint density at radius 2 is 2.00 bits per heavy atom. The minimum Gasteiger partial charge on any atom is -0.314 e. The molecule has 0 bridgehead atoms. The minimum atomic E-state index is -3.05. The van der Waals surface area contributed by atoms with Gasteiger partial charge in [-0.05, 0) is 38.1 Å². The van der Waals surface area contributed by atoms with E-state index in [1.54, 1.807) is 4.31 Å². The van der Waals surface area contributed by atoms with Crippen LogP contribution in [0.1, 0.15) is 59.3 Å². The Bertz CT molecular complexity index is 355. The van der Waals surface area contributed by atoms with Gasteiger partial charge < -0.3 is 5.32 Å². The van der Waals surface area contributed by atoms with Crippen LogP contribution < -0.4 is 5.32 Å². The van der Waals surface area contributed by atoms with Crippen molar-refractivity contribution in [3.05, 3.63) is 0 Å². The van der Waals surface area contributed by atoms with Crippen LogP contribution in [0.2, 0.25) is 0 Å². The third kappa shape index (κ3) is 6.55. The average molecular weight is 305 g/mol. The summed E-state index contributed by atoms with van der Waals surface area (Å²) in [6.07, 6.45) is 6.40. The molecule has 1 aliphatic rings. The molecule has 1 saturated heterocycles. The molecule has 1 heterocycles. The van der Waals surface area contributed by atoms with Crippen molar-refractivity contribution in [1.29, 1.82) is 0 Å². The Labute approximate surface area is 125 Å². The summed E-state index contributed by atoms with van der Waals surface area (Å²) in [6.45, 7) is 8.60. The van der Waals surface area contributed by atoms with E-state index in [1.807, 2.05) is 0 Å². The smallest absolute Gasteiger partial charge is 0.214 e. The molecule has 0 aromatic carbocycles. The first-order valence-electron chi connectivity index (χ1n) is 8.17. The maximum absolute atomic E-state index is 12.3. The Kier molecular flexibility index (Phi) is 8.07. The summed E-state index contributed by atoms with van der Waals surface area (Å²) in [6, 6.07) is 0.422. The van der Waals surface area contributed by atoms with Gasteiger partial charge in [0, 0.05) is 19.1 Å². The van der Waals surface area contributed by atoms with Crippen molar-refractivity contribution in [3.63, 3.8) is 0 Å². The van der Waals surface area contributed by atoms with E-state index < -0.39 is 10.0 Å². The first kappa shape index (κ1) is 17.9. The summed E-state index contributed by atoms with van der Waals surface area (Å²) < 4.78 is 26.4. The Hall–Kier alpha value is -0.130. The molecule has 1 rings (SSSR count). The van der Waals surface area contributed by atoms with Crippen LogP contribution in [0.3, 0.4) is 0 Å². The lowest BCUT2D eigenvalue weighted by atomic mass is 9.96. The molecular weight excluding hydrogens is 272 g/mol. The highest BCUT2D eigenvalue weighted by Crippen LogP contribution is 2.23. The molecule has 1 unspecified atom stereocenters. The first-order chi connectivity index (χ1) is 9.45. The molecule has 1 aliphatic heterocycles. The zero-order chi connectivity index (χ0) is 15.0. The van der Waals surface area contributed by atoms with Crippen molar-refractivity contribution in [2.24, 2.45) is 5.92 Å². The van der Waals surface area contributed by atoms with Gasteiger partial charge in [0.15, 0.2) is 0 Å². The number of nitrogens with zero attached hydrogens (tertiary/aromatic N) is 1. The maximum Gasteiger partial charge on any atom is 0.214 e. The van der Waals surface area contributed by atoms with Crippen molar-refractivity contribution < 1.29 is 8.42 Å². The first-order valence-corrected chi connectivity index (χ1v) is 9.77. The van der Waals surface area contributed by atoms with Crippen molar-refractivity contribution in [2.75, 3.05) is 25.4 Å². The molecule has 5 heteroatoms. The quantitative estimate of drug-likeness (QED) is 0.701. The van der Waals surface area contributed by atoms with Gasteiger partial charge in [-0.1, -0.05) is 33.6 Å². The highest BCUT2D eigenvalue weighted by atomic mass is 32.2. The molecule has 120 valence electrons. The van der Waals surface area contributed by atoms with Crippen molar-refractivity contribution in [3.8, 4) is 0 Å². The van der Waals surface area contributed by atoms with Gasteiger partial charge in [0.05, 0.1) is 5.75 Å². The molecule has 1 atom stereocenters. The van der Waals surface area contributed by atoms with Gasteiger partial charge in [-0.2, -0.15) is 0 Å². The van der Waals surface area contributed by atoms with Gasteiger partial charge in [0.2, 0.25) is 10.0 Å². The van der Waals surface area contributed by atoms with E-state index in [0.717, 1.165) is 38.4 Å². The largest absolute Gasteiger partial charge is 0.314 e. The molecule has 1 fully saturated rings. The van der Waals surface area contributed by atoms with E-state index in [-0.39, 0.29) is 5.75 Å². The predicted octanol–water partition coefficient (Wildman–Crippen LogP) is 2.61. The molecule has 0 saturated carbocycles. The SMILES string of the molecule is CCCC1CCCN(S(=O)(=O)CCCNC(C)C)CC1. The van der Waals surface area contributed by atoms with Gasteiger partial charge in [-0.25, -0.2) is 12.7 Å². The third-order valence-corrected chi connectivity index (χ3v) is 5.99. The van der Waals surface area contributed by atoms with Crippen molar-refractivity contribution in [2.45, 2.75) is 65.3 Å². The van der Waals surface area contributed by atoms with Gasteiger partial charge in [0.25, 0.3) is 0 Å². The Morgan fingerprint density at radius 3 is 2.65 bits per heavy atom. The van der Waals surface area contributed by atoms with Gasteiger partial charge in [-0.3, -0.25) is 0 Å². The normalized spacial score (nSPS) is 22.1. The summed E-state index contributed by atoms with van der Waals surface area (Å²) in [4.78, 5) is 0. The fraction of sp³-hybridized carbons (Fsp3) is 1.00. The lowest BCUT2D eigenvalue weighted by Gasteiger charge is -2.20. The van der Waals surface area contributed by atoms with Crippen molar-refractivity contribution in [1.82, 2.24) is 9.62 Å². The minimum absolute atomic E-state index is 0.283. The molecule has 1 N–H and O–H groups in total. The van der Waals surface area contributed by atoms with E-state index in [0.29, 0.717) is 12.5 Å². The van der Waals surface area contributed by atoms with E-state index in [9.17, 15) is 8.42 Å². The predicted molar refractivity (Wildman–Crippen MR) is 85.4 cm³/mol. The van der Waals surface area contributed by atoms with Crippen molar-refractivity contribution >= 4 is 10.0 Å². The molecule has 0 radical (unpaired) electrons. The lowest BCUT2D eigenvalue weighted by Crippen LogP contribution is -2.35. The molecule has 0 aromatic rings. The number of hydrogen-bond acceptors (Lipinski definition) is 3. The highest BCUT2D eigenvalue weighted by Gasteiger charge is 2.25. The fourth-order valence-corrected chi connectivity index (χ4v) is 4.45. The molecule has 0 amide bonds. The van der Waals surface area contributed by atoms with E-state index in [1.165, 1.54) is 19.3 Å². The number of nitrogens with one attached hydrogen (secondary N) is 1. The molecular formula is C15H32N2O2S. The number of hydrogen-bond donors (Lipinski definition) is 1. The average Bonchev–Trinajstić information content (AvgIpc) is 2.61.